The zero-order valence-corrected chi connectivity index (χ0v) is 11.3. The van der Waals surface area contributed by atoms with Gasteiger partial charge in [-0.3, -0.25) is 4.79 Å². The van der Waals surface area contributed by atoms with E-state index in [2.05, 4.69) is 25.5 Å². The number of nitrogens with zero attached hydrogens (tertiary/aromatic N) is 5. The lowest BCUT2D eigenvalue weighted by molar-refractivity contribution is 0.112. The van der Waals surface area contributed by atoms with E-state index in [9.17, 15) is 4.79 Å². The summed E-state index contributed by atoms with van der Waals surface area (Å²) < 4.78 is 1.89. The predicted octanol–water partition coefficient (Wildman–Crippen LogP) is 1.47. The second kappa shape index (κ2) is 5.75. The van der Waals surface area contributed by atoms with Gasteiger partial charge in [0.15, 0.2) is 12.1 Å². The first-order valence-electron chi connectivity index (χ1n) is 5.75. The summed E-state index contributed by atoms with van der Waals surface area (Å²) >= 11 is 5.90. The summed E-state index contributed by atoms with van der Waals surface area (Å²) in [4.78, 5) is 19.1. The minimum atomic E-state index is 0.141. The third kappa shape index (κ3) is 2.87. The Kier molecular flexibility index (Phi) is 4.06. The van der Waals surface area contributed by atoms with Crippen LogP contribution in [0.15, 0.2) is 6.33 Å². The standard InChI is InChI=1S/C11H13ClN6O/c1-3-18-6-14-17-9(18)4-13-11-8(5-19)10(12)15-7(2)16-11/h5-6H,3-4H2,1-2H3,(H,13,15,16). The Labute approximate surface area is 115 Å². The number of anilines is 1. The fourth-order valence-electron chi connectivity index (χ4n) is 1.63. The third-order valence-corrected chi connectivity index (χ3v) is 2.87. The number of nitrogens with one attached hydrogen (secondary N) is 1. The SMILES string of the molecule is CCn1cnnc1CNc1nc(C)nc(Cl)c1C=O. The zero-order valence-electron chi connectivity index (χ0n) is 10.6. The average molecular weight is 281 g/mol. The zero-order chi connectivity index (χ0) is 13.8. The molecule has 0 unspecified atom stereocenters. The van der Waals surface area contributed by atoms with Crippen molar-refractivity contribution in [2.24, 2.45) is 0 Å². The van der Waals surface area contributed by atoms with Crippen LogP contribution in [-0.4, -0.2) is 31.0 Å². The molecular formula is C11H13ClN6O. The lowest BCUT2D eigenvalue weighted by atomic mass is 10.3. The molecule has 1 N–H and O–H groups in total. The quantitative estimate of drug-likeness (QED) is 0.659. The average Bonchev–Trinajstić information content (AvgIpc) is 2.83. The summed E-state index contributed by atoms with van der Waals surface area (Å²) in [5.41, 5.74) is 0.245. The van der Waals surface area contributed by atoms with Gasteiger partial charge in [0.2, 0.25) is 0 Å². The van der Waals surface area contributed by atoms with Gasteiger partial charge in [0.25, 0.3) is 0 Å². The van der Waals surface area contributed by atoms with Crippen molar-refractivity contribution < 1.29 is 4.79 Å². The Morgan fingerprint density at radius 3 is 2.95 bits per heavy atom. The highest BCUT2D eigenvalue weighted by Crippen LogP contribution is 2.19. The van der Waals surface area contributed by atoms with Gasteiger partial charge in [-0.25, -0.2) is 9.97 Å². The fraction of sp³-hybridized carbons (Fsp3) is 0.364. The molecule has 0 aliphatic carbocycles. The molecule has 8 heteroatoms. The molecule has 2 rings (SSSR count). The molecule has 0 saturated carbocycles. The molecule has 0 amide bonds. The summed E-state index contributed by atoms with van der Waals surface area (Å²) in [5, 5.41) is 11.0. The van der Waals surface area contributed by atoms with E-state index in [0.717, 1.165) is 12.4 Å². The molecule has 2 aromatic heterocycles. The Morgan fingerprint density at radius 1 is 1.47 bits per heavy atom. The molecule has 0 aliphatic rings. The van der Waals surface area contributed by atoms with Crippen LogP contribution in [0.5, 0.6) is 0 Å². The van der Waals surface area contributed by atoms with Gasteiger partial charge in [0.05, 0.1) is 12.1 Å². The van der Waals surface area contributed by atoms with Gasteiger partial charge in [-0.05, 0) is 13.8 Å². The highest BCUT2D eigenvalue weighted by Gasteiger charge is 2.11. The summed E-state index contributed by atoms with van der Waals surface area (Å²) in [6.07, 6.45) is 2.28. The Bertz CT molecular complexity index is 597. The molecule has 0 radical (unpaired) electrons. The lowest BCUT2D eigenvalue weighted by Gasteiger charge is -2.09. The Morgan fingerprint density at radius 2 is 2.26 bits per heavy atom. The van der Waals surface area contributed by atoms with Crippen molar-refractivity contribution in [3.63, 3.8) is 0 Å². The predicted molar refractivity (Wildman–Crippen MR) is 70.2 cm³/mol. The molecule has 0 saturated heterocycles. The van der Waals surface area contributed by atoms with Crippen LogP contribution in [0.1, 0.15) is 28.9 Å². The monoisotopic (exact) mass is 280 g/mol. The number of carbonyl (C=O) groups excluding carboxylic acids is 1. The van der Waals surface area contributed by atoms with E-state index in [1.807, 2.05) is 11.5 Å². The fourth-order valence-corrected chi connectivity index (χ4v) is 1.89. The highest BCUT2D eigenvalue weighted by molar-refractivity contribution is 6.32. The van der Waals surface area contributed by atoms with Crippen molar-refractivity contribution >= 4 is 23.7 Å². The first-order valence-corrected chi connectivity index (χ1v) is 6.13. The number of aldehydes is 1. The van der Waals surface area contributed by atoms with E-state index in [-0.39, 0.29) is 10.7 Å². The van der Waals surface area contributed by atoms with Gasteiger partial charge in [0, 0.05) is 6.54 Å². The summed E-state index contributed by atoms with van der Waals surface area (Å²) in [6.45, 7) is 4.88. The van der Waals surface area contributed by atoms with E-state index in [4.69, 9.17) is 11.6 Å². The molecule has 2 aromatic rings. The van der Waals surface area contributed by atoms with Crippen LogP contribution in [0, 0.1) is 6.92 Å². The number of carbonyl (C=O) groups is 1. The molecular weight excluding hydrogens is 268 g/mol. The van der Waals surface area contributed by atoms with E-state index < -0.39 is 0 Å². The number of aryl methyl sites for hydroxylation is 2. The van der Waals surface area contributed by atoms with Crippen LogP contribution in [0.2, 0.25) is 5.15 Å². The van der Waals surface area contributed by atoms with E-state index >= 15 is 0 Å². The highest BCUT2D eigenvalue weighted by atomic mass is 35.5. The maximum Gasteiger partial charge on any atom is 0.156 e. The smallest absolute Gasteiger partial charge is 0.156 e. The van der Waals surface area contributed by atoms with Crippen molar-refractivity contribution in [3.05, 3.63) is 28.7 Å². The normalized spacial score (nSPS) is 10.5. The molecule has 0 aliphatic heterocycles. The van der Waals surface area contributed by atoms with Gasteiger partial charge < -0.3 is 9.88 Å². The molecule has 0 bridgehead atoms. The van der Waals surface area contributed by atoms with Gasteiger partial charge in [-0.2, -0.15) is 0 Å². The van der Waals surface area contributed by atoms with Crippen LogP contribution in [0.25, 0.3) is 0 Å². The molecule has 19 heavy (non-hydrogen) atoms. The minimum absolute atomic E-state index is 0.141. The van der Waals surface area contributed by atoms with Crippen molar-refractivity contribution in [2.45, 2.75) is 26.9 Å². The van der Waals surface area contributed by atoms with E-state index in [0.29, 0.717) is 24.5 Å². The largest absolute Gasteiger partial charge is 0.362 e. The first kappa shape index (κ1) is 13.4. The van der Waals surface area contributed by atoms with Crippen molar-refractivity contribution in [1.29, 1.82) is 0 Å². The molecule has 0 atom stereocenters. The van der Waals surface area contributed by atoms with Crippen molar-refractivity contribution in [1.82, 2.24) is 24.7 Å². The second-order valence-corrected chi connectivity index (χ2v) is 4.19. The number of hydrogen-bond acceptors (Lipinski definition) is 6. The number of hydrogen-bond donors (Lipinski definition) is 1. The Balaban J connectivity index is 2.22. The van der Waals surface area contributed by atoms with E-state index in [1.54, 1.807) is 13.3 Å². The van der Waals surface area contributed by atoms with Gasteiger partial charge >= 0.3 is 0 Å². The maximum atomic E-state index is 11.0. The van der Waals surface area contributed by atoms with Crippen LogP contribution in [0.4, 0.5) is 5.82 Å². The molecule has 7 nitrogen and oxygen atoms in total. The van der Waals surface area contributed by atoms with Crippen molar-refractivity contribution in [3.8, 4) is 0 Å². The van der Waals surface area contributed by atoms with Crippen LogP contribution in [0.3, 0.4) is 0 Å². The first-order chi connectivity index (χ1) is 9.15. The van der Waals surface area contributed by atoms with Crippen LogP contribution < -0.4 is 5.32 Å². The van der Waals surface area contributed by atoms with Crippen LogP contribution >= 0.6 is 11.6 Å². The topological polar surface area (TPSA) is 85.6 Å². The Hall–Kier alpha value is -2.02. The minimum Gasteiger partial charge on any atom is -0.362 e. The molecule has 0 aromatic carbocycles. The van der Waals surface area contributed by atoms with Crippen LogP contribution in [-0.2, 0) is 13.1 Å². The van der Waals surface area contributed by atoms with E-state index in [1.165, 1.54) is 0 Å². The number of halogens is 1. The summed E-state index contributed by atoms with van der Waals surface area (Å²) in [5.74, 6) is 1.65. The summed E-state index contributed by atoms with van der Waals surface area (Å²) in [6, 6.07) is 0. The molecule has 0 spiro atoms. The second-order valence-electron chi connectivity index (χ2n) is 3.83. The van der Waals surface area contributed by atoms with Crippen molar-refractivity contribution in [2.75, 3.05) is 5.32 Å². The number of rotatable bonds is 5. The molecule has 0 fully saturated rings. The lowest BCUT2D eigenvalue weighted by Crippen LogP contribution is -2.11. The van der Waals surface area contributed by atoms with Gasteiger partial charge in [-0.1, -0.05) is 11.6 Å². The third-order valence-electron chi connectivity index (χ3n) is 2.58. The molecule has 2 heterocycles. The van der Waals surface area contributed by atoms with Gasteiger partial charge in [-0.15, -0.1) is 10.2 Å². The molecule has 100 valence electrons. The number of aromatic nitrogens is 5. The van der Waals surface area contributed by atoms with Gasteiger partial charge in [0.1, 0.15) is 23.1 Å². The summed E-state index contributed by atoms with van der Waals surface area (Å²) in [7, 11) is 0. The maximum absolute atomic E-state index is 11.0.